The first kappa shape index (κ1) is 15.8. The number of carboxylic acids is 1. The summed E-state index contributed by atoms with van der Waals surface area (Å²) in [5.41, 5.74) is 4.49. The molecule has 0 saturated heterocycles. The Balaban J connectivity index is 1.79. The number of aromatic amines is 1. The second-order valence-electron chi connectivity index (χ2n) is 5.81. The third kappa shape index (κ3) is 2.98. The Morgan fingerprint density at radius 1 is 0.808 bits per heavy atom. The van der Waals surface area contributed by atoms with Crippen LogP contribution >= 0.6 is 0 Å². The first-order valence-electron chi connectivity index (χ1n) is 8.13. The van der Waals surface area contributed by atoms with Gasteiger partial charge in [0, 0.05) is 16.5 Å². The monoisotopic (exact) mass is 341 g/mol. The van der Waals surface area contributed by atoms with Crippen LogP contribution in [0.4, 0.5) is 11.4 Å². The largest absolute Gasteiger partial charge is 0.478 e. The average Bonchev–Trinajstić information content (AvgIpc) is 3.06. The predicted octanol–water partition coefficient (Wildman–Crippen LogP) is 5.95. The highest BCUT2D eigenvalue weighted by Crippen LogP contribution is 2.37. The van der Waals surface area contributed by atoms with Crippen molar-refractivity contribution in [3.8, 4) is 11.3 Å². The highest BCUT2D eigenvalue weighted by molar-refractivity contribution is 5.99. The summed E-state index contributed by atoms with van der Waals surface area (Å²) < 4.78 is 0. The van der Waals surface area contributed by atoms with Crippen LogP contribution in [0, 0.1) is 0 Å². The molecule has 5 nitrogen and oxygen atoms in total. The minimum atomic E-state index is -0.962. The number of benzene rings is 3. The van der Waals surface area contributed by atoms with E-state index in [0.29, 0.717) is 5.69 Å². The quantitative estimate of drug-likeness (QED) is 0.450. The van der Waals surface area contributed by atoms with Crippen molar-refractivity contribution in [1.82, 2.24) is 4.98 Å². The normalized spacial score (nSPS) is 11.2. The van der Waals surface area contributed by atoms with Gasteiger partial charge in [-0.25, -0.2) is 4.79 Å². The minimum Gasteiger partial charge on any atom is -0.478 e. The molecule has 0 saturated carbocycles. The molecule has 0 aliphatic rings. The number of azo groups is 1. The Labute approximate surface area is 149 Å². The molecule has 26 heavy (non-hydrogen) atoms. The highest BCUT2D eigenvalue weighted by atomic mass is 16.4. The van der Waals surface area contributed by atoms with E-state index in [4.69, 9.17) is 5.11 Å². The first-order chi connectivity index (χ1) is 12.7. The Morgan fingerprint density at radius 3 is 2.23 bits per heavy atom. The van der Waals surface area contributed by atoms with Crippen molar-refractivity contribution in [2.45, 2.75) is 0 Å². The maximum Gasteiger partial charge on any atom is 0.335 e. The van der Waals surface area contributed by atoms with Crippen LogP contribution in [0.25, 0.3) is 22.2 Å². The zero-order valence-corrected chi connectivity index (χ0v) is 13.8. The van der Waals surface area contributed by atoms with Gasteiger partial charge in [0.1, 0.15) is 5.69 Å². The van der Waals surface area contributed by atoms with E-state index in [1.807, 2.05) is 54.6 Å². The van der Waals surface area contributed by atoms with Gasteiger partial charge in [-0.3, -0.25) is 0 Å². The number of aromatic nitrogens is 1. The summed E-state index contributed by atoms with van der Waals surface area (Å²) in [5.74, 6) is -0.962. The third-order valence-electron chi connectivity index (χ3n) is 4.12. The number of hydrogen-bond donors (Lipinski definition) is 2. The molecule has 1 aromatic heterocycles. The molecule has 0 amide bonds. The summed E-state index contributed by atoms with van der Waals surface area (Å²) in [7, 11) is 0. The number of nitrogens with zero attached hydrogens (tertiary/aromatic N) is 2. The minimum absolute atomic E-state index is 0.223. The van der Waals surface area contributed by atoms with Crippen molar-refractivity contribution in [2.75, 3.05) is 0 Å². The van der Waals surface area contributed by atoms with E-state index in [1.54, 1.807) is 12.1 Å². The second kappa shape index (κ2) is 6.64. The lowest BCUT2D eigenvalue weighted by Crippen LogP contribution is -1.93. The van der Waals surface area contributed by atoms with E-state index >= 15 is 0 Å². The standard InChI is InChI=1S/C21H15N3O2/c25-21(26)15-10-12-16(13-11-15)23-24-20-17-8-4-5-9-18(17)22-19(20)14-6-2-1-3-7-14/h1-13,22H,(H,25,26). The number of hydrogen-bond acceptors (Lipinski definition) is 3. The lowest BCUT2D eigenvalue weighted by atomic mass is 10.1. The van der Waals surface area contributed by atoms with Crippen molar-refractivity contribution in [1.29, 1.82) is 0 Å². The fourth-order valence-electron chi connectivity index (χ4n) is 2.82. The Kier molecular flexibility index (Phi) is 4.03. The molecule has 0 radical (unpaired) electrons. The zero-order valence-electron chi connectivity index (χ0n) is 13.8. The third-order valence-corrected chi connectivity index (χ3v) is 4.12. The number of rotatable bonds is 4. The molecule has 0 aliphatic heterocycles. The average molecular weight is 341 g/mol. The topological polar surface area (TPSA) is 77.8 Å². The van der Waals surface area contributed by atoms with Crippen molar-refractivity contribution < 1.29 is 9.90 Å². The van der Waals surface area contributed by atoms with E-state index in [2.05, 4.69) is 15.2 Å². The maximum absolute atomic E-state index is 10.9. The summed E-state index contributed by atoms with van der Waals surface area (Å²) in [6, 6.07) is 24.2. The number of para-hydroxylation sites is 1. The molecule has 0 unspecified atom stereocenters. The SMILES string of the molecule is O=C(O)c1ccc(N=Nc2c(-c3ccccc3)[nH]c3ccccc23)cc1. The van der Waals surface area contributed by atoms with Crippen LogP contribution in [0.3, 0.4) is 0 Å². The molecule has 0 aliphatic carbocycles. The summed E-state index contributed by atoms with van der Waals surface area (Å²) in [6.45, 7) is 0. The van der Waals surface area contributed by atoms with E-state index in [-0.39, 0.29) is 5.56 Å². The Bertz CT molecular complexity index is 1100. The van der Waals surface area contributed by atoms with Crippen LogP contribution in [0.2, 0.25) is 0 Å². The van der Waals surface area contributed by atoms with Crippen molar-refractivity contribution >= 4 is 28.2 Å². The van der Waals surface area contributed by atoms with E-state index in [0.717, 1.165) is 27.8 Å². The molecule has 2 N–H and O–H groups in total. The number of fused-ring (bicyclic) bond motifs is 1. The molecule has 1 heterocycles. The van der Waals surface area contributed by atoms with Gasteiger partial charge in [-0.15, -0.1) is 5.11 Å². The molecule has 5 heteroatoms. The van der Waals surface area contributed by atoms with Gasteiger partial charge in [0.2, 0.25) is 0 Å². The fraction of sp³-hybridized carbons (Fsp3) is 0. The van der Waals surface area contributed by atoms with Gasteiger partial charge in [-0.2, -0.15) is 5.11 Å². The summed E-state index contributed by atoms with van der Waals surface area (Å²) in [5, 5.41) is 18.7. The van der Waals surface area contributed by atoms with Crippen LogP contribution in [0.5, 0.6) is 0 Å². The molecule has 4 rings (SSSR count). The number of aromatic carboxylic acids is 1. The molecule has 0 atom stereocenters. The van der Waals surface area contributed by atoms with Crippen molar-refractivity contribution in [2.24, 2.45) is 10.2 Å². The summed E-state index contributed by atoms with van der Waals surface area (Å²) in [6.07, 6.45) is 0. The van der Waals surface area contributed by atoms with Gasteiger partial charge in [0.25, 0.3) is 0 Å². The van der Waals surface area contributed by atoms with Gasteiger partial charge in [0.15, 0.2) is 0 Å². The van der Waals surface area contributed by atoms with E-state index < -0.39 is 5.97 Å². The van der Waals surface area contributed by atoms with Gasteiger partial charge in [0.05, 0.1) is 16.9 Å². The van der Waals surface area contributed by atoms with Gasteiger partial charge in [-0.1, -0.05) is 48.5 Å². The number of nitrogens with one attached hydrogen (secondary N) is 1. The van der Waals surface area contributed by atoms with Gasteiger partial charge >= 0.3 is 5.97 Å². The number of carboxylic acid groups (broad SMARTS) is 1. The van der Waals surface area contributed by atoms with E-state index in [1.165, 1.54) is 12.1 Å². The lowest BCUT2D eigenvalue weighted by Gasteiger charge is -2.00. The lowest BCUT2D eigenvalue weighted by molar-refractivity contribution is 0.0697. The zero-order chi connectivity index (χ0) is 17.9. The predicted molar refractivity (Wildman–Crippen MR) is 101 cm³/mol. The molecule has 0 bridgehead atoms. The van der Waals surface area contributed by atoms with Crippen LogP contribution in [0.15, 0.2) is 89.1 Å². The van der Waals surface area contributed by atoms with Gasteiger partial charge < -0.3 is 10.1 Å². The van der Waals surface area contributed by atoms with Gasteiger partial charge in [-0.05, 0) is 30.3 Å². The van der Waals surface area contributed by atoms with Crippen LogP contribution < -0.4 is 0 Å². The summed E-state index contributed by atoms with van der Waals surface area (Å²) >= 11 is 0. The molecule has 0 fully saturated rings. The molecule has 3 aromatic carbocycles. The number of carbonyl (C=O) groups is 1. The Morgan fingerprint density at radius 2 is 1.50 bits per heavy atom. The van der Waals surface area contributed by atoms with Crippen molar-refractivity contribution in [3.05, 3.63) is 84.4 Å². The Hall–Kier alpha value is -3.73. The van der Waals surface area contributed by atoms with E-state index in [9.17, 15) is 4.79 Å². The molecule has 4 aromatic rings. The second-order valence-corrected chi connectivity index (χ2v) is 5.81. The smallest absolute Gasteiger partial charge is 0.335 e. The van der Waals surface area contributed by atoms with Crippen LogP contribution in [-0.4, -0.2) is 16.1 Å². The van der Waals surface area contributed by atoms with Crippen LogP contribution in [-0.2, 0) is 0 Å². The first-order valence-corrected chi connectivity index (χ1v) is 8.13. The molecule has 126 valence electrons. The summed E-state index contributed by atoms with van der Waals surface area (Å²) in [4.78, 5) is 14.4. The highest BCUT2D eigenvalue weighted by Gasteiger charge is 2.12. The van der Waals surface area contributed by atoms with Crippen LogP contribution in [0.1, 0.15) is 10.4 Å². The molecule has 0 spiro atoms. The molecular formula is C21H15N3O2. The van der Waals surface area contributed by atoms with Crippen molar-refractivity contribution in [3.63, 3.8) is 0 Å². The fourth-order valence-corrected chi connectivity index (χ4v) is 2.82. The maximum atomic E-state index is 10.9. The number of H-pyrrole nitrogens is 1. The molecular weight excluding hydrogens is 326 g/mol.